The van der Waals surface area contributed by atoms with Gasteiger partial charge in [0.05, 0.1) is 18.5 Å². The predicted molar refractivity (Wildman–Crippen MR) is 74.5 cm³/mol. The topological polar surface area (TPSA) is 47.3 Å². The van der Waals surface area contributed by atoms with Crippen molar-refractivity contribution < 1.29 is 9.13 Å². The van der Waals surface area contributed by atoms with Crippen molar-refractivity contribution >= 4 is 11.4 Å². The van der Waals surface area contributed by atoms with Gasteiger partial charge < -0.3 is 15.8 Å². The summed E-state index contributed by atoms with van der Waals surface area (Å²) >= 11 is 0. The van der Waals surface area contributed by atoms with Crippen LogP contribution in [0.4, 0.5) is 15.8 Å². The van der Waals surface area contributed by atoms with Crippen molar-refractivity contribution in [3.8, 4) is 5.75 Å². The van der Waals surface area contributed by atoms with Crippen molar-refractivity contribution in [1.29, 1.82) is 0 Å². The van der Waals surface area contributed by atoms with E-state index in [1.165, 1.54) is 13.2 Å². The largest absolute Gasteiger partial charge is 0.495 e. The first-order valence-corrected chi connectivity index (χ1v) is 6.37. The molecular weight excluding hydrogens is 231 g/mol. The fourth-order valence-electron chi connectivity index (χ4n) is 1.95. The number of benzene rings is 1. The molecule has 102 valence electrons. The summed E-state index contributed by atoms with van der Waals surface area (Å²) < 4.78 is 18.8. The third-order valence-corrected chi connectivity index (χ3v) is 3.17. The first-order valence-electron chi connectivity index (χ1n) is 6.37. The first kappa shape index (κ1) is 14.6. The third kappa shape index (κ3) is 3.79. The second-order valence-electron chi connectivity index (χ2n) is 4.87. The summed E-state index contributed by atoms with van der Waals surface area (Å²) in [5.41, 5.74) is 6.40. The smallest absolute Gasteiger partial charge is 0.148 e. The number of halogens is 1. The van der Waals surface area contributed by atoms with Gasteiger partial charge in [-0.3, -0.25) is 0 Å². The summed E-state index contributed by atoms with van der Waals surface area (Å²) in [6, 6.07) is 3.11. The van der Waals surface area contributed by atoms with Gasteiger partial charge in [0.15, 0.2) is 0 Å². The molecule has 0 aromatic heterocycles. The van der Waals surface area contributed by atoms with Gasteiger partial charge in [-0.25, -0.2) is 4.39 Å². The summed E-state index contributed by atoms with van der Waals surface area (Å²) in [5, 5.41) is 3.17. The van der Waals surface area contributed by atoms with E-state index in [1.807, 2.05) is 0 Å². The molecule has 18 heavy (non-hydrogen) atoms. The summed E-state index contributed by atoms with van der Waals surface area (Å²) in [6.45, 7) is 6.40. The zero-order valence-corrected chi connectivity index (χ0v) is 11.6. The molecule has 0 spiro atoms. The maximum atomic E-state index is 13.7. The summed E-state index contributed by atoms with van der Waals surface area (Å²) in [4.78, 5) is 0. The van der Waals surface area contributed by atoms with Gasteiger partial charge in [0.2, 0.25) is 0 Å². The molecule has 1 aromatic carbocycles. The number of anilines is 2. The lowest BCUT2D eigenvalue weighted by atomic mass is 10.0. The van der Waals surface area contributed by atoms with Crippen LogP contribution in [0.1, 0.15) is 33.6 Å². The molecule has 0 heterocycles. The number of nitrogens with two attached hydrogens (primary N) is 1. The molecule has 1 rings (SSSR count). The Balaban J connectivity index is 2.77. The van der Waals surface area contributed by atoms with Gasteiger partial charge in [-0.2, -0.15) is 0 Å². The molecule has 2 atom stereocenters. The van der Waals surface area contributed by atoms with Crippen molar-refractivity contribution in [2.24, 2.45) is 5.92 Å². The van der Waals surface area contributed by atoms with Gasteiger partial charge in [0.25, 0.3) is 0 Å². The molecule has 3 nitrogen and oxygen atoms in total. The second-order valence-corrected chi connectivity index (χ2v) is 4.87. The van der Waals surface area contributed by atoms with Gasteiger partial charge in [0, 0.05) is 18.2 Å². The van der Waals surface area contributed by atoms with Crippen LogP contribution in [0.2, 0.25) is 0 Å². The lowest BCUT2D eigenvalue weighted by Gasteiger charge is -2.20. The van der Waals surface area contributed by atoms with Crippen molar-refractivity contribution in [3.63, 3.8) is 0 Å². The van der Waals surface area contributed by atoms with Crippen molar-refractivity contribution in [3.05, 3.63) is 17.9 Å². The number of nitrogen functional groups attached to an aromatic ring is 1. The van der Waals surface area contributed by atoms with Crippen LogP contribution in [0.5, 0.6) is 5.75 Å². The van der Waals surface area contributed by atoms with Crippen LogP contribution in [-0.2, 0) is 0 Å². The number of rotatable bonds is 6. The highest BCUT2D eigenvalue weighted by Crippen LogP contribution is 2.29. The summed E-state index contributed by atoms with van der Waals surface area (Å²) in [5.74, 6) is 0.769. The van der Waals surface area contributed by atoms with Gasteiger partial charge >= 0.3 is 0 Å². The Morgan fingerprint density at radius 2 is 2.06 bits per heavy atom. The minimum Gasteiger partial charge on any atom is -0.495 e. The highest BCUT2D eigenvalue weighted by Gasteiger charge is 2.12. The van der Waals surface area contributed by atoms with Crippen molar-refractivity contribution in [2.75, 3.05) is 18.2 Å². The quantitative estimate of drug-likeness (QED) is 0.762. The van der Waals surface area contributed by atoms with E-state index in [9.17, 15) is 4.39 Å². The van der Waals surface area contributed by atoms with Gasteiger partial charge in [-0.05, 0) is 19.3 Å². The van der Waals surface area contributed by atoms with Crippen LogP contribution >= 0.6 is 0 Å². The molecule has 3 N–H and O–H groups in total. The van der Waals surface area contributed by atoms with Crippen molar-refractivity contribution in [2.45, 2.75) is 39.7 Å². The molecule has 0 aliphatic rings. The number of methoxy groups -OCH3 is 1. The van der Waals surface area contributed by atoms with E-state index in [0.29, 0.717) is 23.0 Å². The van der Waals surface area contributed by atoms with E-state index in [0.717, 1.165) is 12.8 Å². The second kappa shape index (κ2) is 6.47. The molecular formula is C14H23FN2O. The van der Waals surface area contributed by atoms with Gasteiger partial charge in [0.1, 0.15) is 11.6 Å². The van der Waals surface area contributed by atoms with Crippen LogP contribution < -0.4 is 15.8 Å². The van der Waals surface area contributed by atoms with Crippen LogP contribution in [0.25, 0.3) is 0 Å². The Morgan fingerprint density at radius 1 is 1.39 bits per heavy atom. The van der Waals surface area contributed by atoms with E-state index in [2.05, 4.69) is 26.1 Å². The number of hydrogen-bond acceptors (Lipinski definition) is 3. The monoisotopic (exact) mass is 254 g/mol. The molecule has 0 amide bonds. The Bertz CT molecular complexity index is 396. The lowest BCUT2D eigenvalue weighted by molar-refractivity contribution is 0.416. The van der Waals surface area contributed by atoms with Crippen molar-refractivity contribution in [1.82, 2.24) is 0 Å². The summed E-state index contributed by atoms with van der Waals surface area (Å²) in [6.07, 6.45) is 2.13. The standard InChI is InChI=1S/C14H23FN2O/c1-5-9(2)6-10(3)17-13-8-14(18-4)12(16)7-11(13)15/h7-10,17H,5-6,16H2,1-4H3. The average molecular weight is 254 g/mol. The molecule has 4 heteroatoms. The van der Waals surface area contributed by atoms with Crippen LogP contribution in [0.3, 0.4) is 0 Å². The van der Waals surface area contributed by atoms with Crippen LogP contribution in [-0.4, -0.2) is 13.2 Å². The first-order chi connectivity index (χ1) is 8.47. The fraction of sp³-hybridized carbons (Fsp3) is 0.571. The van der Waals surface area contributed by atoms with Gasteiger partial charge in [-0.15, -0.1) is 0 Å². The van der Waals surface area contributed by atoms with E-state index in [1.54, 1.807) is 6.07 Å². The molecule has 0 saturated heterocycles. The minimum atomic E-state index is -0.343. The zero-order valence-electron chi connectivity index (χ0n) is 11.6. The Hall–Kier alpha value is -1.45. The maximum Gasteiger partial charge on any atom is 0.148 e. The van der Waals surface area contributed by atoms with E-state index in [-0.39, 0.29) is 11.9 Å². The fourth-order valence-corrected chi connectivity index (χ4v) is 1.95. The molecule has 0 aliphatic heterocycles. The molecule has 0 bridgehead atoms. The molecule has 0 aliphatic carbocycles. The summed E-state index contributed by atoms with van der Waals surface area (Å²) in [7, 11) is 1.52. The molecule has 0 fully saturated rings. The van der Waals surface area contributed by atoms with Gasteiger partial charge in [-0.1, -0.05) is 20.3 Å². The van der Waals surface area contributed by atoms with E-state index >= 15 is 0 Å². The molecule has 0 radical (unpaired) electrons. The highest BCUT2D eigenvalue weighted by atomic mass is 19.1. The lowest BCUT2D eigenvalue weighted by Crippen LogP contribution is -2.19. The van der Waals surface area contributed by atoms with Crippen LogP contribution in [0, 0.1) is 11.7 Å². The highest BCUT2D eigenvalue weighted by molar-refractivity contribution is 5.62. The molecule has 0 saturated carbocycles. The Kier molecular flexibility index (Phi) is 5.25. The average Bonchev–Trinajstić information content (AvgIpc) is 2.32. The normalized spacial score (nSPS) is 14.1. The number of nitrogens with one attached hydrogen (secondary N) is 1. The third-order valence-electron chi connectivity index (χ3n) is 3.17. The van der Waals surface area contributed by atoms with E-state index in [4.69, 9.17) is 10.5 Å². The predicted octanol–water partition coefficient (Wildman–Crippen LogP) is 3.65. The maximum absolute atomic E-state index is 13.7. The SMILES string of the molecule is CCC(C)CC(C)Nc1cc(OC)c(N)cc1F. The molecule has 2 unspecified atom stereocenters. The zero-order chi connectivity index (χ0) is 13.7. The van der Waals surface area contributed by atoms with E-state index < -0.39 is 0 Å². The number of ether oxygens (including phenoxy) is 1. The van der Waals surface area contributed by atoms with Crippen LogP contribution in [0.15, 0.2) is 12.1 Å². The number of hydrogen-bond donors (Lipinski definition) is 2. The Labute approximate surface area is 109 Å². The molecule has 1 aromatic rings. The minimum absolute atomic E-state index is 0.211. The Morgan fingerprint density at radius 3 is 2.61 bits per heavy atom.